The second-order valence-electron chi connectivity index (χ2n) is 10.3. The zero-order valence-corrected chi connectivity index (χ0v) is 21.6. The Morgan fingerprint density at radius 2 is 1.14 bits per heavy atom. The summed E-state index contributed by atoms with van der Waals surface area (Å²) in [4.78, 5) is 0. The lowest BCUT2D eigenvalue weighted by Gasteiger charge is -2.40. The number of aliphatic hydroxyl groups is 2. The molecule has 4 aromatic rings. The number of hydrogen-bond acceptors (Lipinski definition) is 12. The molecule has 6 rings (SSSR count). The maximum absolute atomic E-state index is 11.8. The van der Waals surface area contributed by atoms with Gasteiger partial charge in [0.1, 0.15) is 46.7 Å². The lowest BCUT2D eigenvalue weighted by Crippen LogP contribution is -2.36. The van der Waals surface area contributed by atoms with Gasteiger partial charge in [0.25, 0.3) is 0 Å². The Labute approximate surface area is 237 Å². The summed E-state index contributed by atoms with van der Waals surface area (Å²) in [5.41, 5.74) is 0.435. The Morgan fingerprint density at radius 1 is 0.548 bits per heavy atom. The molecule has 218 valence electrons. The zero-order valence-electron chi connectivity index (χ0n) is 21.6. The summed E-state index contributed by atoms with van der Waals surface area (Å²) >= 11 is 0. The van der Waals surface area contributed by atoms with Crippen LogP contribution in [0, 0.1) is 0 Å². The third-order valence-corrected chi connectivity index (χ3v) is 7.67. The SMILES string of the molecule is Oc1cc(O)c2c(c1)O[C@H](c1ccc(O)c(O)c1)[C@H](O)[C@H]2c1c(O)cc(O)c2c1O[C@H](c1ccc(O)c(O)c1)C(O)C2. The van der Waals surface area contributed by atoms with Crippen molar-refractivity contribution in [3.05, 3.63) is 82.4 Å². The largest absolute Gasteiger partial charge is 0.508 e. The van der Waals surface area contributed by atoms with Crippen LogP contribution < -0.4 is 9.47 Å². The van der Waals surface area contributed by atoms with Crippen molar-refractivity contribution >= 4 is 0 Å². The van der Waals surface area contributed by atoms with Crippen LogP contribution in [0.4, 0.5) is 0 Å². The van der Waals surface area contributed by atoms with Gasteiger partial charge in [-0.15, -0.1) is 0 Å². The Kier molecular flexibility index (Phi) is 6.24. The van der Waals surface area contributed by atoms with E-state index in [-0.39, 0.29) is 51.5 Å². The quantitative estimate of drug-likeness (QED) is 0.159. The maximum atomic E-state index is 11.8. The molecule has 0 amide bonds. The number of aliphatic hydroxyl groups excluding tert-OH is 2. The van der Waals surface area contributed by atoms with Crippen LogP contribution in [0.3, 0.4) is 0 Å². The van der Waals surface area contributed by atoms with Crippen LogP contribution in [0.15, 0.2) is 54.6 Å². The molecule has 0 saturated carbocycles. The van der Waals surface area contributed by atoms with E-state index in [1.54, 1.807) is 0 Å². The first kappa shape index (κ1) is 27.0. The highest BCUT2D eigenvalue weighted by Gasteiger charge is 2.46. The minimum absolute atomic E-state index is 0.0312. The van der Waals surface area contributed by atoms with Gasteiger partial charge in [-0.3, -0.25) is 0 Å². The summed E-state index contributed by atoms with van der Waals surface area (Å²) in [7, 11) is 0. The molecule has 0 fully saturated rings. The van der Waals surface area contributed by atoms with Gasteiger partial charge >= 0.3 is 0 Å². The molecule has 5 atom stereocenters. The van der Waals surface area contributed by atoms with Crippen molar-refractivity contribution < 1.29 is 60.5 Å². The molecular formula is C30H26O12. The zero-order chi connectivity index (χ0) is 30.0. The Morgan fingerprint density at radius 3 is 1.76 bits per heavy atom. The highest BCUT2D eigenvalue weighted by atomic mass is 16.5. The van der Waals surface area contributed by atoms with Gasteiger partial charge in [-0.2, -0.15) is 0 Å². The average molecular weight is 579 g/mol. The van der Waals surface area contributed by atoms with Gasteiger partial charge < -0.3 is 60.5 Å². The molecule has 10 N–H and O–H groups in total. The van der Waals surface area contributed by atoms with Crippen molar-refractivity contribution in [3.63, 3.8) is 0 Å². The molecule has 0 aliphatic carbocycles. The van der Waals surface area contributed by atoms with Crippen molar-refractivity contribution in [1.29, 1.82) is 0 Å². The molecule has 0 spiro atoms. The summed E-state index contributed by atoms with van der Waals surface area (Å²) in [6.07, 6.45) is -5.43. The van der Waals surface area contributed by atoms with Gasteiger partial charge in [-0.1, -0.05) is 12.1 Å². The minimum Gasteiger partial charge on any atom is -0.508 e. The molecule has 42 heavy (non-hydrogen) atoms. The molecule has 2 aliphatic rings. The Balaban J connectivity index is 1.55. The molecule has 2 heterocycles. The highest BCUT2D eigenvalue weighted by molar-refractivity contribution is 5.65. The highest BCUT2D eigenvalue weighted by Crippen LogP contribution is 2.57. The van der Waals surface area contributed by atoms with E-state index >= 15 is 0 Å². The van der Waals surface area contributed by atoms with E-state index in [9.17, 15) is 51.1 Å². The fraction of sp³-hybridized carbons (Fsp3) is 0.200. The predicted octanol–water partition coefficient (Wildman–Crippen LogP) is 3.00. The molecule has 4 aromatic carbocycles. The van der Waals surface area contributed by atoms with E-state index in [1.807, 2.05) is 0 Å². The summed E-state index contributed by atoms with van der Waals surface area (Å²) < 4.78 is 12.1. The molecule has 2 aliphatic heterocycles. The summed E-state index contributed by atoms with van der Waals surface area (Å²) in [5, 5.41) is 105. The lowest BCUT2D eigenvalue weighted by molar-refractivity contribution is 0.00115. The van der Waals surface area contributed by atoms with E-state index in [0.717, 1.165) is 12.1 Å². The molecule has 0 bridgehead atoms. The molecule has 0 saturated heterocycles. The second kappa shape index (κ2) is 9.72. The van der Waals surface area contributed by atoms with Crippen LogP contribution in [-0.2, 0) is 6.42 Å². The van der Waals surface area contributed by atoms with Crippen molar-refractivity contribution in [1.82, 2.24) is 0 Å². The van der Waals surface area contributed by atoms with Crippen LogP contribution >= 0.6 is 0 Å². The van der Waals surface area contributed by atoms with E-state index in [0.29, 0.717) is 0 Å². The van der Waals surface area contributed by atoms with E-state index in [4.69, 9.17) is 9.47 Å². The van der Waals surface area contributed by atoms with Crippen LogP contribution in [-0.4, -0.2) is 63.3 Å². The van der Waals surface area contributed by atoms with Gasteiger partial charge in [0.15, 0.2) is 29.1 Å². The standard InChI is InChI=1S/C30H26O12/c31-13-7-20(37)24-23(8-13)41-29(12-2-4-16(33)19(36)6-12)27(40)26(24)25-21(38)10-17(34)14-9-22(39)28(42-30(14)25)11-1-3-15(32)18(35)5-11/h1-8,10,22,26-29,31-40H,9H2/t22?,26-,27-,28-,29-/m1/s1. The number of benzene rings is 4. The number of ether oxygens (including phenoxy) is 2. The first-order chi connectivity index (χ1) is 19.9. The fourth-order valence-corrected chi connectivity index (χ4v) is 5.71. The topological polar surface area (TPSA) is 221 Å². The first-order valence-corrected chi connectivity index (χ1v) is 12.8. The Bertz CT molecular complexity index is 1720. The predicted molar refractivity (Wildman–Crippen MR) is 143 cm³/mol. The molecule has 12 heteroatoms. The molecular weight excluding hydrogens is 552 g/mol. The van der Waals surface area contributed by atoms with Crippen LogP contribution in [0.2, 0.25) is 0 Å². The van der Waals surface area contributed by atoms with Gasteiger partial charge in [-0.25, -0.2) is 0 Å². The molecule has 1 unspecified atom stereocenters. The van der Waals surface area contributed by atoms with E-state index in [1.165, 1.54) is 42.5 Å². The number of aromatic hydroxyl groups is 8. The summed E-state index contributed by atoms with van der Waals surface area (Å²) in [6.45, 7) is 0. The van der Waals surface area contributed by atoms with Gasteiger partial charge in [0, 0.05) is 41.3 Å². The van der Waals surface area contributed by atoms with E-state index < -0.39 is 70.6 Å². The second-order valence-corrected chi connectivity index (χ2v) is 10.3. The van der Waals surface area contributed by atoms with Gasteiger partial charge in [-0.05, 0) is 35.4 Å². The van der Waals surface area contributed by atoms with Crippen molar-refractivity contribution in [2.75, 3.05) is 0 Å². The molecule has 0 radical (unpaired) electrons. The summed E-state index contributed by atoms with van der Waals surface area (Å²) in [6, 6.07) is 10.8. The first-order valence-electron chi connectivity index (χ1n) is 12.8. The van der Waals surface area contributed by atoms with E-state index in [2.05, 4.69) is 0 Å². The van der Waals surface area contributed by atoms with Crippen molar-refractivity contribution in [2.24, 2.45) is 0 Å². The monoisotopic (exact) mass is 578 g/mol. The average Bonchev–Trinajstić information content (AvgIpc) is 2.93. The Hall–Kier alpha value is -5.20. The fourth-order valence-electron chi connectivity index (χ4n) is 5.71. The number of phenols is 8. The van der Waals surface area contributed by atoms with Crippen LogP contribution in [0.1, 0.15) is 45.9 Å². The van der Waals surface area contributed by atoms with Crippen molar-refractivity contribution in [2.45, 2.75) is 36.8 Å². The molecule has 12 nitrogen and oxygen atoms in total. The number of rotatable bonds is 3. The van der Waals surface area contributed by atoms with Gasteiger partial charge in [0.05, 0.1) is 12.0 Å². The molecule has 0 aromatic heterocycles. The minimum atomic E-state index is -1.59. The van der Waals surface area contributed by atoms with Gasteiger partial charge in [0.2, 0.25) is 0 Å². The third kappa shape index (κ3) is 4.24. The number of phenolic OH excluding ortho intramolecular Hbond substituents is 8. The third-order valence-electron chi connectivity index (χ3n) is 7.67. The normalized spacial score (nSPS) is 22.9. The maximum Gasteiger partial charge on any atom is 0.157 e. The number of hydrogen-bond donors (Lipinski definition) is 10. The number of fused-ring (bicyclic) bond motifs is 2. The lowest BCUT2D eigenvalue weighted by atomic mass is 9.77. The van der Waals surface area contributed by atoms with Crippen LogP contribution in [0.25, 0.3) is 0 Å². The van der Waals surface area contributed by atoms with Crippen molar-refractivity contribution in [3.8, 4) is 57.5 Å². The smallest absolute Gasteiger partial charge is 0.157 e. The summed E-state index contributed by atoms with van der Waals surface area (Å²) in [5.74, 6) is -5.08. The van der Waals surface area contributed by atoms with Crippen LogP contribution in [0.5, 0.6) is 57.5 Å².